The van der Waals surface area contributed by atoms with E-state index in [2.05, 4.69) is 10.0 Å². The molecule has 8 heteroatoms. The van der Waals surface area contributed by atoms with E-state index < -0.39 is 14.9 Å². The van der Waals surface area contributed by atoms with Crippen LogP contribution < -0.4 is 10.0 Å². The van der Waals surface area contributed by atoms with Gasteiger partial charge in [0.1, 0.15) is 0 Å². The molecule has 0 aromatic heterocycles. The third-order valence-electron chi connectivity index (χ3n) is 2.48. The fourth-order valence-corrected chi connectivity index (χ4v) is 2.48. The summed E-state index contributed by atoms with van der Waals surface area (Å²) in [6, 6.07) is 4.43. The average molecular weight is 287 g/mol. The number of aryl methyl sites for hydroxylation is 1. The lowest BCUT2D eigenvalue weighted by Gasteiger charge is -2.09. The van der Waals surface area contributed by atoms with Crippen molar-refractivity contribution in [3.8, 4) is 0 Å². The molecule has 106 valence electrons. The minimum atomic E-state index is -3.29. The fourth-order valence-electron chi connectivity index (χ4n) is 1.53. The predicted molar refractivity (Wildman–Crippen MR) is 73.8 cm³/mol. The molecule has 0 aliphatic rings. The van der Waals surface area contributed by atoms with Gasteiger partial charge in [0.15, 0.2) is 0 Å². The van der Waals surface area contributed by atoms with E-state index in [1.807, 2.05) is 0 Å². The van der Waals surface area contributed by atoms with E-state index in [-0.39, 0.29) is 18.0 Å². The highest BCUT2D eigenvalue weighted by atomic mass is 32.2. The number of nitro groups is 1. The molecule has 0 spiro atoms. The Labute approximate surface area is 112 Å². The maximum Gasteiger partial charge on any atom is 0.271 e. The molecule has 0 aliphatic heterocycles. The van der Waals surface area contributed by atoms with Crippen LogP contribution in [0.5, 0.6) is 0 Å². The molecule has 7 nitrogen and oxygen atoms in total. The molecule has 1 aromatic rings. The van der Waals surface area contributed by atoms with E-state index in [1.54, 1.807) is 19.9 Å². The molecular weight excluding hydrogens is 270 g/mol. The van der Waals surface area contributed by atoms with Crippen molar-refractivity contribution in [1.29, 1.82) is 0 Å². The molecule has 1 rings (SSSR count). The predicted octanol–water partition coefficient (Wildman–Crippen LogP) is 1.25. The van der Waals surface area contributed by atoms with E-state index in [4.69, 9.17) is 0 Å². The monoisotopic (exact) mass is 287 g/mol. The Balaban J connectivity index is 2.68. The summed E-state index contributed by atoms with van der Waals surface area (Å²) in [6.45, 7) is 4.04. The van der Waals surface area contributed by atoms with Gasteiger partial charge < -0.3 is 5.32 Å². The zero-order chi connectivity index (χ0) is 14.5. The fraction of sp³-hybridized carbons (Fsp3) is 0.455. The molecule has 0 saturated heterocycles. The first-order valence-electron chi connectivity index (χ1n) is 5.82. The van der Waals surface area contributed by atoms with E-state index >= 15 is 0 Å². The zero-order valence-corrected chi connectivity index (χ0v) is 11.7. The Hall–Kier alpha value is -1.67. The van der Waals surface area contributed by atoms with E-state index in [0.29, 0.717) is 12.2 Å². The first-order valence-corrected chi connectivity index (χ1v) is 7.47. The summed E-state index contributed by atoms with van der Waals surface area (Å²) in [5, 5.41) is 13.6. The third kappa shape index (κ3) is 4.84. The Morgan fingerprint density at radius 1 is 1.37 bits per heavy atom. The molecule has 0 unspecified atom stereocenters. The van der Waals surface area contributed by atoms with E-state index in [0.717, 1.165) is 5.56 Å². The van der Waals surface area contributed by atoms with Crippen molar-refractivity contribution >= 4 is 21.4 Å². The van der Waals surface area contributed by atoms with Crippen LogP contribution in [0.15, 0.2) is 18.2 Å². The van der Waals surface area contributed by atoms with Crippen LogP contribution in [0.4, 0.5) is 11.4 Å². The second-order valence-corrected chi connectivity index (χ2v) is 5.93. The molecule has 0 saturated carbocycles. The summed E-state index contributed by atoms with van der Waals surface area (Å²) < 4.78 is 25.2. The minimum Gasteiger partial charge on any atom is -0.384 e. The Morgan fingerprint density at radius 3 is 2.63 bits per heavy atom. The molecule has 0 amide bonds. The van der Waals surface area contributed by atoms with Crippen LogP contribution in [-0.4, -0.2) is 32.2 Å². The molecule has 0 bridgehead atoms. The number of nitrogens with zero attached hydrogens (tertiary/aromatic N) is 1. The number of rotatable bonds is 7. The summed E-state index contributed by atoms with van der Waals surface area (Å²) in [6.07, 6.45) is 0. The number of hydrogen-bond acceptors (Lipinski definition) is 5. The number of nitrogens with one attached hydrogen (secondary N) is 2. The van der Waals surface area contributed by atoms with Gasteiger partial charge in [0.05, 0.1) is 10.7 Å². The van der Waals surface area contributed by atoms with Gasteiger partial charge in [-0.2, -0.15) is 0 Å². The van der Waals surface area contributed by atoms with E-state index in [9.17, 15) is 18.5 Å². The van der Waals surface area contributed by atoms with Gasteiger partial charge in [-0.1, -0.05) is 13.0 Å². The molecule has 1 aromatic carbocycles. The van der Waals surface area contributed by atoms with Gasteiger partial charge in [-0.3, -0.25) is 10.1 Å². The van der Waals surface area contributed by atoms with Crippen molar-refractivity contribution in [2.24, 2.45) is 0 Å². The SMILES string of the molecule is CCNS(=O)(=O)CCNc1cc([N+](=O)[O-])ccc1C. The highest BCUT2D eigenvalue weighted by Crippen LogP contribution is 2.21. The molecule has 0 heterocycles. The first kappa shape index (κ1) is 15.4. The summed E-state index contributed by atoms with van der Waals surface area (Å²) in [4.78, 5) is 10.2. The van der Waals surface area contributed by atoms with Crippen LogP contribution in [0.25, 0.3) is 0 Å². The topological polar surface area (TPSA) is 101 Å². The lowest BCUT2D eigenvalue weighted by molar-refractivity contribution is -0.384. The van der Waals surface area contributed by atoms with Crippen LogP contribution in [0.1, 0.15) is 12.5 Å². The Morgan fingerprint density at radius 2 is 2.05 bits per heavy atom. The molecule has 0 aliphatic carbocycles. The third-order valence-corrected chi connectivity index (χ3v) is 3.95. The lowest BCUT2D eigenvalue weighted by atomic mass is 10.2. The van der Waals surface area contributed by atoms with Gasteiger partial charge >= 0.3 is 0 Å². The highest BCUT2D eigenvalue weighted by Gasteiger charge is 2.10. The zero-order valence-electron chi connectivity index (χ0n) is 10.8. The van der Waals surface area contributed by atoms with Gasteiger partial charge in [-0.05, 0) is 12.5 Å². The quantitative estimate of drug-likeness (QED) is 0.580. The van der Waals surface area contributed by atoms with Crippen LogP contribution in [0, 0.1) is 17.0 Å². The number of non-ortho nitro benzene ring substituents is 1. The van der Waals surface area contributed by atoms with Gasteiger partial charge in [0, 0.05) is 30.9 Å². The second-order valence-electron chi connectivity index (χ2n) is 4.00. The van der Waals surface area contributed by atoms with Crippen molar-refractivity contribution in [2.45, 2.75) is 13.8 Å². The maximum atomic E-state index is 11.4. The normalized spacial score (nSPS) is 11.3. The number of anilines is 1. The van der Waals surface area contributed by atoms with Gasteiger partial charge in [-0.15, -0.1) is 0 Å². The van der Waals surface area contributed by atoms with Crippen molar-refractivity contribution < 1.29 is 13.3 Å². The number of nitro benzene ring substituents is 1. The minimum absolute atomic E-state index is 0.0253. The number of benzene rings is 1. The van der Waals surface area contributed by atoms with Gasteiger partial charge in [0.2, 0.25) is 10.0 Å². The van der Waals surface area contributed by atoms with Crippen molar-refractivity contribution in [2.75, 3.05) is 24.2 Å². The molecule has 19 heavy (non-hydrogen) atoms. The molecule has 0 radical (unpaired) electrons. The van der Waals surface area contributed by atoms with Crippen LogP contribution in [0.2, 0.25) is 0 Å². The maximum absolute atomic E-state index is 11.4. The van der Waals surface area contributed by atoms with Crippen molar-refractivity contribution in [1.82, 2.24) is 4.72 Å². The second kappa shape index (κ2) is 6.48. The Bertz CT molecular complexity index is 557. The molecule has 2 N–H and O–H groups in total. The van der Waals surface area contributed by atoms with Crippen LogP contribution in [0.3, 0.4) is 0 Å². The highest BCUT2D eigenvalue weighted by molar-refractivity contribution is 7.89. The summed E-state index contributed by atoms with van der Waals surface area (Å²) in [5.41, 5.74) is 1.37. The molecular formula is C11H17N3O4S. The van der Waals surface area contributed by atoms with Gasteiger partial charge in [0.25, 0.3) is 5.69 Å². The Kier molecular flexibility index (Phi) is 5.25. The molecule has 0 fully saturated rings. The lowest BCUT2D eigenvalue weighted by Crippen LogP contribution is -2.29. The largest absolute Gasteiger partial charge is 0.384 e. The van der Waals surface area contributed by atoms with Gasteiger partial charge in [-0.25, -0.2) is 13.1 Å². The first-order chi connectivity index (χ1) is 8.85. The van der Waals surface area contributed by atoms with E-state index in [1.165, 1.54) is 12.1 Å². The average Bonchev–Trinajstić information content (AvgIpc) is 2.30. The number of hydrogen-bond donors (Lipinski definition) is 2. The van der Waals surface area contributed by atoms with Crippen molar-refractivity contribution in [3.63, 3.8) is 0 Å². The summed E-state index contributed by atoms with van der Waals surface area (Å²) in [7, 11) is -3.29. The smallest absolute Gasteiger partial charge is 0.271 e. The number of sulfonamides is 1. The van der Waals surface area contributed by atoms with Crippen molar-refractivity contribution in [3.05, 3.63) is 33.9 Å². The molecule has 0 atom stereocenters. The standard InChI is InChI=1S/C11H17N3O4S/c1-3-13-19(17,18)7-6-12-11-8-10(14(15)16)5-4-9(11)2/h4-5,8,12-13H,3,6-7H2,1-2H3. The summed E-state index contributed by atoms with van der Waals surface area (Å²) >= 11 is 0. The van der Waals surface area contributed by atoms with Crippen LogP contribution in [-0.2, 0) is 10.0 Å². The summed E-state index contributed by atoms with van der Waals surface area (Å²) in [5.74, 6) is -0.0804. The van der Waals surface area contributed by atoms with Crippen LogP contribution >= 0.6 is 0 Å².